The van der Waals surface area contributed by atoms with E-state index >= 15 is 0 Å². The number of hydrogen-bond acceptors (Lipinski definition) is 4. The summed E-state index contributed by atoms with van der Waals surface area (Å²) < 4.78 is 5.66. The minimum absolute atomic E-state index is 0.250. The number of aliphatic hydroxyl groups is 1. The third-order valence-electron chi connectivity index (χ3n) is 4.57. The first-order valence-corrected chi connectivity index (χ1v) is 9.93. The Morgan fingerprint density at radius 3 is 2.18 bits per heavy atom. The molecule has 2 aromatic carbocycles. The van der Waals surface area contributed by atoms with Crippen molar-refractivity contribution in [3.05, 3.63) is 53.6 Å². The van der Waals surface area contributed by atoms with Crippen LogP contribution < -0.4 is 15.4 Å². The molecule has 6 nitrogen and oxygen atoms in total. The topological polar surface area (TPSA) is 73.8 Å². The van der Waals surface area contributed by atoms with Crippen molar-refractivity contribution in [1.82, 2.24) is 4.90 Å². The zero-order valence-electron chi connectivity index (χ0n) is 15.7. The van der Waals surface area contributed by atoms with Crippen LogP contribution in [0.5, 0.6) is 5.75 Å². The molecule has 3 N–H and O–H groups in total. The van der Waals surface area contributed by atoms with Crippen molar-refractivity contribution in [2.75, 3.05) is 36.9 Å². The lowest BCUT2D eigenvalue weighted by Gasteiger charge is -2.28. The maximum Gasteiger partial charge on any atom is 0.323 e. The van der Waals surface area contributed by atoms with Gasteiger partial charge in [0.2, 0.25) is 0 Å². The monoisotopic (exact) mass is 403 g/mol. The Morgan fingerprint density at radius 1 is 1.00 bits per heavy atom. The Hall–Kier alpha value is -2.28. The summed E-state index contributed by atoms with van der Waals surface area (Å²) in [6, 6.07) is 13.6. The van der Waals surface area contributed by atoms with E-state index in [1.807, 2.05) is 0 Å². The minimum Gasteiger partial charge on any atom is -0.491 e. The highest BCUT2D eigenvalue weighted by molar-refractivity contribution is 6.30. The molecule has 28 heavy (non-hydrogen) atoms. The van der Waals surface area contributed by atoms with Crippen LogP contribution in [-0.4, -0.2) is 48.4 Å². The quantitative estimate of drug-likeness (QED) is 0.647. The largest absolute Gasteiger partial charge is 0.491 e. The molecule has 150 valence electrons. The number of likely N-dealkylation sites (tertiary alicyclic amines) is 1. The SMILES string of the molecule is O=C(Nc1ccc(Cl)cc1)Nc1ccc(OCC(O)CN2CCCCC2)cc1. The number of aliphatic hydroxyl groups excluding tert-OH is 1. The second-order valence-corrected chi connectivity index (χ2v) is 7.37. The predicted octanol–water partition coefficient (Wildman–Crippen LogP) is 4.21. The van der Waals surface area contributed by atoms with Crippen LogP contribution in [-0.2, 0) is 0 Å². The first kappa shape index (κ1) is 20.5. The van der Waals surface area contributed by atoms with E-state index in [1.165, 1.54) is 19.3 Å². The molecule has 3 rings (SSSR count). The van der Waals surface area contributed by atoms with Gasteiger partial charge in [0.1, 0.15) is 18.5 Å². The molecule has 0 aliphatic carbocycles. The summed E-state index contributed by atoms with van der Waals surface area (Å²) >= 11 is 5.83. The summed E-state index contributed by atoms with van der Waals surface area (Å²) in [7, 11) is 0. The Labute approximate surface area is 170 Å². The van der Waals surface area contributed by atoms with E-state index in [-0.39, 0.29) is 12.6 Å². The number of piperidine rings is 1. The van der Waals surface area contributed by atoms with Gasteiger partial charge < -0.3 is 25.4 Å². The number of ether oxygens (including phenoxy) is 1. The molecular weight excluding hydrogens is 378 g/mol. The number of amides is 2. The maximum atomic E-state index is 12.0. The second kappa shape index (κ2) is 10.3. The van der Waals surface area contributed by atoms with Gasteiger partial charge in [-0.2, -0.15) is 0 Å². The molecule has 1 fully saturated rings. The highest BCUT2D eigenvalue weighted by Gasteiger charge is 2.15. The van der Waals surface area contributed by atoms with E-state index in [0.29, 0.717) is 28.7 Å². The van der Waals surface area contributed by atoms with Gasteiger partial charge in [-0.15, -0.1) is 0 Å². The summed E-state index contributed by atoms with van der Waals surface area (Å²) in [4.78, 5) is 14.3. The van der Waals surface area contributed by atoms with Gasteiger partial charge in [-0.25, -0.2) is 4.79 Å². The maximum absolute atomic E-state index is 12.0. The average molecular weight is 404 g/mol. The Bertz CT molecular complexity index is 746. The van der Waals surface area contributed by atoms with Crippen LogP contribution in [0.25, 0.3) is 0 Å². The fourth-order valence-electron chi connectivity index (χ4n) is 3.15. The summed E-state index contributed by atoms with van der Waals surface area (Å²) in [5.41, 5.74) is 1.30. The van der Waals surface area contributed by atoms with Gasteiger partial charge in [-0.05, 0) is 74.5 Å². The molecule has 0 saturated carbocycles. The number of carbonyl (C=O) groups is 1. The summed E-state index contributed by atoms with van der Waals surface area (Å²) in [5, 5.41) is 16.3. The lowest BCUT2D eigenvalue weighted by Crippen LogP contribution is -2.38. The van der Waals surface area contributed by atoms with Gasteiger partial charge in [0.15, 0.2) is 0 Å². The van der Waals surface area contributed by atoms with Crippen LogP contribution in [0.1, 0.15) is 19.3 Å². The number of β-amino-alcohol motifs (C(OH)–C–C–N with tert-alkyl or cyclic N) is 1. The van der Waals surface area contributed by atoms with E-state index in [1.54, 1.807) is 48.5 Å². The predicted molar refractivity (Wildman–Crippen MR) is 112 cm³/mol. The Balaban J connectivity index is 1.41. The Morgan fingerprint density at radius 2 is 1.57 bits per heavy atom. The summed E-state index contributed by atoms with van der Waals surface area (Å²) in [6.07, 6.45) is 3.17. The third kappa shape index (κ3) is 6.71. The van der Waals surface area contributed by atoms with Crippen molar-refractivity contribution in [2.45, 2.75) is 25.4 Å². The van der Waals surface area contributed by atoms with Gasteiger partial charge in [0.05, 0.1) is 0 Å². The number of halogens is 1. The van der Waals surface area contributed by atoms with Crippen molar-refractivity contribution < 1.29 is 14.6 Å². The highest BCUT2D eigenvalue weighted by atomic mass is 35.5. The number of carbonyl (C=O) groups excluding carboxylic acids is 1. The molecule has 0 aromatic heterocycles. The normalized spacial score (nSPS) is 15.6. The van der Waals surface area contributed by atoms with Crippen molar-refractivity contribution in [2.24, 2.45) is 0 Å². The first-order valence-electron chi connectivity index (χ1n) is 9.55. The molecule has 7 heteroatoms. The van der Waals surface area contributed by atoms with Crippen LogP contribution in [0.4, 0.5) is 16.2 Å². The van der Waals surface area contributed by atoms with Crippen LogP contribution in [0.3, 0.4) is 0 Å². The number of urea groups is 1. The minimum atomic E-state index is -0.513. The van der Waals surface area contributed by atoms with Gasteiger partial charge in [-0.1, -0.05) is 18.0 Å². The molecule has 1 unspecified atom stereocenters. The molecule has 0 radical (unpaired) electrons. The van der Waals surface area contributed by atoms with Crippen LogP contribution in [0.15, 0.2) is 48.5 Å². The van der Waals surface area contributed by atoms with Crippen LogP contribution in [0, 0.1) is 0 Å². The summed E-state index contributed by atoms with van der Waals surface area (Å²) in [5.74, 6) is 0.654. The van der Waals surface area contributed by atoms with E-state index in [2.05, 4.69) is 15.5 Å². The number of anilines is 2. The van der Waals surface area contributed by atoms with E-state index in [4.69, 9.17) is 16.3 Å². The number of nitrogens with one attached hydrogen (secondary N) is 2. The number of hydrogen-bond donors (Lipinski definition) is 3. The third-order valence-corrected chi connectivity index (χ3v) is 4.83. The first-order chi connectivity index (χ1) is 13.6. The average Bonchev–Trinajstić information content (AvgIpc) is 2.70. The van der Waals surface area contributed by atoms with E-state index in [9.17, 15) is 9.90 Å². The van der Waals surface area contributed by atoms with Crippen molar-refractivity contribution in [1.29, 1.82) is 0 Å². The molecule has 1 saturated heterocycles. The molecule has 1 aliphatic rings. The smallest absolute Gasteiger partial charge is 0.323 e. The zero-order chi connectivity index (χ0) is 19.8. The molecular formula is C21H26ClN3O3. The van der Waals surface area contributed by atoms with Crippen molar-refractivity contribution >= 4 is 29.0 Å². The highest BCUT2D eigenvalue weighted by Crippen LogP contribution is 2.18. The molecule has 0 spiro atoms. The number of benzene rings is 2. The second-order valence-electron chi connectivity index (χ2n) is 6.94. The van der Waals surface area contributed by atoms with Crippen molar-refractivity contribution in [3.63, 3.8) is 0 Å². The van der Waals surface area contributed by atoms with Gasteiger partial charge in [0.25, 0.3) is 0 Å². The van der Waals surface area contributed by atoms with E-state index in [0.717, 1.165) is 13.1 Å². The molecule has 1 aliphatic heterocycles. The van der Waals surface area contributed by atoms with Crippen LogP contribution >= 0.6 is 11.6 Å². The fourth-order valence-corrected chi connectivity index (χ4v) is 3.27. The molecule has 2 amide bonds. The lowest BCUT2D eigenvalue weighted by atomic mass is 10.1. The standard InChI is InChI=1S/C21H26ClN3O3/c22-16-4-6-17(7-5-16)23-21(27)24-18-8-10-20(11-9-18)28-15-19(26)14-25-12-2-1-3-13-25/h4-11,19,26H,1-3,12-15H2,(H2,23,24,27). The Kier molecular flexibility index (Phi) is 7.54. The van der Waals surface area contributed by atoms with Gasteiger partial charge in [0, 0.05) is 22.9 Å². The van der Waals surface area contributed by atoms with Crippen LogP contribution in [0.2, 0.25) is 5.02 Å². The number of rotatable bonds is 7. The fraction of sp³-hybridized carbons (Fsp3) is 0.381. The molecule has 0 bridgehead atoms. The molecule has 2 aromatic rings. The summed E-state index contributed by atoms with van der Waals surface area (Å²) in [6.45, 7) is 3.00. The van der Waals surface area contributed by atoms with Crippen molar-refractivity contribution in [3.8, 4) is 5.75 Å². The zero-order valence-corrected chi connectivity index (χ0v) is 16.5. The van der Waals surface area contributed by atoms with Gasteiger partial charge >= 0.3 is 6.03 Å². The molecule has 1 heterocycles. The van der Waals surface area contributed by atoms with Gasteiger partial charge in [-0.3, -0.25) is 0 Å². The van der Waals surface area contributed by atoms with E-state index < -0.39 is 6.10 Å². The lowest BCUT2D eigenvalue weighted by molar-refractivity contribution is 0.0617. The molecule has 1 atom stereocenters. The number of nitrogens with zero attached hydrogens (tertiary/aromatic N) is 1.